The van der Waals surface area contributed by atoms with Gasteiger partial charge in [0.2, 0.25) is 0 Å². The van der Waals surface area contributed by atoms with E-state index < -0.39 is 0 Å². The van der Waals surface area contributed by atoms with Gasteiger partial charge in [0.25, 0.3) is 0 Å². The molecule has 3 rings (SSSR count). The Hall–Kier alpha value is -2.56. The Labute approximate surface area is 175 Å². The number of methoxy groups -OCH3 is 2. The van der Waals surface area contributed by atoms with Crippen molar-refractivity contribution >= 4 is 28.9 Å². The largest absolute Gasteiger partial charge is 0.495 e. The molecule has 0 bridgehead atoms. The molecule has 0 atom stereocenters. The Kier molecular flexibility index (Phi) is 6.90. The predicted octanol–water partition coefficient (Wildman–Crippen LogP) is 6.20. The summed E-state index contributed by atoms with van der Waals surface area (Å²) in [7, 11) is 3.22. The fourth-order valence-corrected chi connectivity index (χ4v) is 3.14. The summed E-state index contributed by atoms with van der Waals surface area (Å²) in [5, 5.41) is 4.58. The summed E-state index contributed by atoms with van der Waals surface area (Å²) in [5.41, 5.74) is 2.88. The normalized spacial score (nSPS) is 10.4. The molecule has 3 aromatic rings. The van der Waals surface area contributed by atoms with Crippen LogP contribution in [0.5, 0.6) is 17.2 Å². The molecule has 0 spiro atoms. The van der Waals surface area contributed by atoms with E-state index in [0.29, 0.717) is 40.4 Å². The van der Waals surface area contributed by atoms with Crippen molar-refractivity contribution in [1.29, 1.82) is 0 Å². The Bertz CT molecular complexity index is 947. The molecule has 0 aliphatic rings. The van der Waals surface area contributed by atoms with Gasteiger partial charge < -0.3 is 19.5 Å². The van der Waals surface area contributed by atoms with Gasteiger partial charge in [-0.15, -0.1) is 0 Å². The molecule has 0 radical (unpaired) electrons. The predicted molar refractivity (Wildman–Crippen MR) is 114 cm³/mol. The number of nitrogens with one attached hydrogen (secondary N) is 1. The summed E-state index contributed by atoms with van der Waals surface area (Å²) in [6.07, 6.45) is 0. The molecule has 146 valence electrons. The van der Waals surface area contributed by atoms with Gasteiger partial charge in [-0.1, -0.05) is 47.5 Å². The lowest BCUT2D eigenvalue weighted by molar-refractivity contribution is 0.284. The standard InChI is InChI=1S/C22H21Cl2NO3/c1-26-20-10-8-17(12-19(20)24)25-13-15-7-9-21(22(11-15)27-2)28-14-16-5-3-4-6-18(16)23/h3-12,25H,13-14H2,1-2H3. The van der Waals surface area contributed by atoms with Crippen LogP contribution in [-0.2, 0) is 13.2 Å². The van der Waals surface area contributed by atoms with Gasteiger partial charge in [-0.25, -0.2) is 0 Å². The second-order valence-corrected chi connectivity index (χ2v) is 6.88. The highest BCUT2D eigenvalue weighted by atomic mass is 35.5. The van der Waals surface area contributed by atoms with E-state index in [1.54, 1.807) is 14.2 Å². The summed E-state index contributed by atoms with van der Waals surface area (Å²) >= 11 is 12.3. The first-order valence-electron chi connectivity index (χ1n) is 8.71. The first-order valence-corrected chi connectivity index (χ1v) is 9.47. The molecule has 6 heteroatoms. The first-order chi connectivity index (χ1) is 13.6. The van der Waals surface area contributed by atoms with Crippen LogP contribution in [0.4, 0.5) is 5.69 Å². The quantitative estimate of drug-likeness (QED) is 0.473. The van der Waals surface area contributed by atoms with Crippen molar-refractivity contribution in [1.82, 2.24) is 0 Å². The van der Waals surface area contributed by atoms with E-state index in [9.17, 15) is 0 Å². The van der Waals surface area contributed by atoms with Crippen molar-refractivity contribution in [3.8, 4) is 17.2 Å². The highest BCUT2D eigenvalue weighted by Gasteiger charge is 2.08. The lowest BCUT2D eigenvalue weighted by Gasteiger charge is -2.14. The van der Waals surface area contributed by atoms with Gasteiger partial charge in [0.1, 0.15) is 12.4 Å². The second kappa shape index (κ2) is 9.58. The van der Waals surface area contributed by atoms with Crippen molar-refractivity contribution in [2.75, 3.05) is 19.5 Å². The van der Waals surface area contributed by atoms with E-state index in [1.807, 2.05) is 60.7 Å². The van der Waals surface area contributed by atoms with Crippen molar-refractivity contribution in [2.24, 2.45) is 0 Å². The van der Waals surface area contributed by atoms with Crippen LogP contribution in [0.25, 0.3) is 0 Å². The topological polar surface area (TPSA) is 39.7 Å². The van der Waals surface area contributed by atoms with E-state index in [4.69, 9.17) is 37.4 Å². The maximum Gasteiger partial charge on any atom is 0.161 e. The summed E-state index contributed by atoms with van der Waals surface area (Å²) in [6, 6.07) is 19.0. The monoisotopic (exact) mass is 417 g/mol. The zero-order valence-corrected chi connectivity index (χ0v) is 17.2. The molecule has 0 aliphatic heterocycles. The molecular weight excluding hydrogens is 397 g/mol. The van der Waals surface area contributed by atoms with E-state index >= 15 is 0 Å². The SMILES string of the molecule is COc1ccc(NCc2ccc(OCc3ccccc3Cl)c(OC)c2)cc1Cl. The highest BCUT2D eigenvalue weighted by molar-refractivity contribution is 6.32. The van der Waals surface area contributed by atoms with Crippen LogP contribution in [0, 0.1) is 0 Å². The van der Waals surface area contributed by atoms with Crippen molar-refractivity contribution < 1.29 is 14.2 Å². The van der Waals surface area contributed by atoms with E-state index in [2.05, 4.69) is 5.32 Å². The van der Waals surface area contributed by atoms with Gasteiger partial charge in [0.15, 0.2) is 11.5 Å². The molecule has 1 N–H and O–H groups in total. The van der Waals surface area contributed by atoms with Crippen molar-refractivity contribution in [2.45, 2.75) is 13.2 Å². The van der Waals surface area contributed by atoms with Gasteiger partial charge in [0.05, 0.1) is 19.2 Å². The minimum Gasteiger partial charge on any atom is -0.495 e. The summed E-state index contributed by atoms with van der Waals surface area (Å²) < 4.78 is 16.5. The molecule has 0 saturated heterocycles. The maximum atomic E-state index is 6.18. The van der Waals surface area contributed by atoms with E-state index in [1.165, 1.54) is 0 Å². The smallest absolute Gasteiger partial charge is 0.161 e. The number of anilines is 1. The van der Waals surface area contributed by atoms with Crippen LogP contribution in [0.3, 0.4) is 0 Å². The first kappa shape index (κ1) is 20.2. The number of hydrogen-bond acceptors (Lipinski definition) is 4. The number of hydrogen-bond donors (Lipinski definition) is 1. The Balaban J connectivity index is 1.65. The average molecular weight is 418 g/mol. The Morgan fingerprint density at radius 1 is 0.786 bits per heavy atom. The van der Waals surface area contributed by atoms with Gasteiger partial charge >= 0.3 is 0 Å². The molecule has 0 aromatic heterocycles. The molecule has 0 unspecified atom stereocenters. The molecule has 0 amide bonds. The molecule has 0 heterocycles. The highest BCUT2D eigenvalue weighted by Crippen LogP contribution is 2.31. The zero-order chi connectivity index (χ0) is 19.9. The maximum absolute atomic E-state index is 6.18. The molecule has 4 nitrogen and oxygen atoms in total. The zero-order valence-electron chi connectivity index (χ0n) is 15.7. The summed E-state index contributed by atoms with van der Waals surface area (Å²) in [4.78, 5) is 0. The molecule has 3 aromatic carbocycles. The van der Waals surface area contributed by atoms with Crippen molar-refractivity contribution in [3.63, 3.8) is 0 Å². The molecule has 0 fully saturated rings. The van der Waals surface area contributed by atoms with E-state index in [-0.39, 0.29) is 0 Å². The number of ether oxygens (including phenoxy) is 3. The molecule has 0 aliphatic carbocycles. The van der Waals surface area contributed by atoms with E-state index in [0.717, 1.165) is 16.8 Å². The number of rotatable bonds is 8. The van der Waals surface area contributed by atoms with Crippen LogP contribution in [0.2, 0.25) is 10.0 Å². The van der Waals surface area contributed by atoms with Gasteiger partial charge in [-0.05, 0) is 42.0 Å². The second-order valence-electron chi connectivity index (χ2n) is 6.07. The number of halogens is 2. The third kappa shape index (κ3) is 5.03. The molecule has 28 heavy (non-hydrogen) atoms. The Morgan fingerprint density at radius 3 is 2.25 bits per heavy atom. The minimum atomic E-state index is 0.373. The Morgan fingerprint density at radius 2 is 1.54 bits per heavy atom. The molecule has 0 saturated carbocycles. The minimum absolute atomic E-state index is 0.373. The average Bonchev–Trinajstić information content (AvgIpc) is 2.72. The lowest BCUT2D eigenvalue weighted by atomic mass is 10.2. The number of benzene rings is 3. The summed E-state index contributed by atoms with van der Waals surface area (Å²) in [5.74, 6) is 1.98. The van der Waals surface area contributed by atoms with Crippen LogP contribution in [-0.4, -0.2) is 14.2 Å². The van der Waals surface area contributed by atoms with Crippen molar-refractivity contribution in [3.05, 3.63) is 81.8 Å². The summed E-state index contributed by atoms with van der Waals surface area (Å²) in [6.45, 7) is 0.988. The van der Waals surface area contributed by atoms with Gasteiger partial charge in [-0.2, -0.15) is 0 Å². The van der Waals surface area contributed by atoms with Gasteiger partial charge in [0, 0.05) is 22.8 Å². The fourth-order valence-electron chi connectivity index (χ4n) is 2.69. The molecular formula is C22H21Cl2NO3. The fraction of sp³-hybridized carbons (Fsp3) is 0.182. The van der Waals surface area contributed by atoms with Crippen LogP contribution in [0.1, 0.15) is 11.1 Å². The van der Waals surface area contributed by atoms with Crippen LogP contribution >= 0.6 is 23.2 Å². The third-order valence-corrected chi connectivity index (χ3v) is 4.88. The third-order valence-electron chi connectivity index (χ3n) is 4.22. The van der Waals surface area contributed by atoms with Crippen LogP contribution < -0.4 is 19.5 Å². The van der Waals surface area contributed by atoms with Gasteiger partial charge in [-0.3, -0.25) is 0 Å². The lowest BCUT2D eigenvalue weighted by Crippen LogP contribution is -2.02. The van der Waals surface area contributed by atoms with Crippen LogP contribution in [0.15, 0.2) is 60.7 Å².